The van der Waals surface area contributed by atoms with E-state index in [1.165, 1.54) is 0 Å². The van der Waals surface area contributed by atoms with E-state index in [9.17, 15) is 13.7 Å². The molecule has 206 valence electrons. The van der Waals surface area contributed by atoms with Crippen molar-refractivity contribution in [3.8, 4) is 17.6 Å². The average molecular weight is 591 g/mol. The third kappa shape index (κ3) is 6.85. The number of aromatic nitrogens is 2. The second-order valence-electron chi connectivity index (χ2n) is 9.68. The summed E-state index contributed by atoms with van der Waals surface area (Å²) in [5, 5.41) is 10.0. The first-order valence-corrected chi connectivity index (χ1v) is 15.1. The molecule has 0 spiro atoms. The Hall–Kier alpha value is -3.26. The first-order chi connectivity index (χ1) is 18.5. The van der Waals surface area contributed by atoms with Crippen LogP contribution in [-0.4, -0.2) is 50.2 Å². The summed E-state index contributed by atoms with van der Waals surface area (Å²) in [6, 6.07) is 13.5. The van der Waals surface area contributed by atoms with Gasteiger partial charge in [0.1, 0.15) is 30.9 Å². The van der Waals surface area contributed by atoms with Crippen LogP contribution in [0, 0.1) is 11.3 Å². The monoisotopic (exact) mass is 589 g/mol. The van der Waals surface area contributed by atoms with Crippen LogP contribution in [0.15, 0.2) is 42.6 Å². The molecule has 0 atom stereocenters. The number of nitriles is 1. The molecule has 2 aromatic carbocycles. The van der Waals surface area contributed by atoms with Gasteiger partial charge in [-0.15, -0.1) is 11.6 Å². The van der Waals surface area contributed by atoms with Crippen molar-refractivity contribution in [3.05, 3.63) is 69.9 Å². The Kier molecular flexibility index (Phi) is 8.74. The van der Waals surface area contributed by atoms with Crippen molar-refractivity contribution < 1.29 is 17.9 Å². The maximum Gasteiger partial charge on any atom is 0.238 e. The summed E-state index contributed by atoms with van der Waals surface area (Å²) in [4.78, 5) is 10.6. The number of ether oxygens (including phenoxy) is 2. The van der Waals surface area contributed by atoms with Crippen molar-refractivity contribution in [2.75, 3.05) is 41.5 Å². The third-order valence-electron chi connectivity index (χ3n) is 6.45. The molecule has 0 aliphatic carbocycles. The Morgan fingerprint density at radius 2 is 1.87 bits per heavy atom. The lowest BCUT2D eigenvalue weighted by atomic mass is 9.77. The summed E-state index contributed by atoms with van der Waals surface area (Å²) < 4.78 is 37.1. The summed E-state index contributed by atoms with van der Waals surface area (Å²) in [6.07, 6.45) is 3.69. The maximum absolute atomic E-state index is 11.6. The number of nitrogens with zero attached hydrogens (tertiary/aromatic N) is 4. The predicted octanol–water partition coefficient (Wildman–Crippen LogP) is 5.11. The Labute approximate surface area is 238 Å². The quantitative estimate of drug-likeness (QED) is 0.307. The number of halogens is 2. The Bertz CT molecular complexity index is 1490. The van der Waals surface area contributed by atoms with Gasteiger partial charge in [-0.3, -0.25) is 4.72 Å². The van der Waals surface area contributed by atoms with Crippen LogP contribution in [0.2, 0.25) is 5.02 Å². The van der Waals surface area contributed by atoms with Gasteiger partial charge < -0.3 is 14.4 Å². The van der Waals surface area contributed by atoms with Crippen LogP contribution in [-0.2, 0) is 22.0 Å². The van der Waals surface area contributed by atoms with E-state index in [1.807, 2.05) is 30.3 Å². The van der Waals surface area contributed by atoms with Crippen LogP contribution in [0.5, 0.6) is 11.5 Å². The van der Waals surface area contributed by atoms with Gasteiger partial charge in [-0.2, -0.15) is 10.2 Å². The number of hydrogen-bond acceptors (Lipinski definition) is 8. The van der Waals surface area contributed by atoms with Gasteiger partial charge in [-0.05, 0) is 41.8 Å². The first kappa shape index (κ1) is 28.7. The normalized spacial score (nSPS) is 13.4. The molecule has 0 radical (unpaired) electrons. The minimum absolute atomic E-state index is 0.0352. The van der Waals surface area contributed by atoms with E-state index in [0.717, 1.165) is 42.5 Å². The van der Waals surface area contributed by atoms with Crippen LogP contribution in [0.4, 0.5) is 11.8 Å². The second-order valence-corrected chi connectivity index (χ2v) is 12.2. The Morgan fingerprint density at radius 1 is 1.15 bits per heavy atom. The van der Waals surface area contributed by atoms with Crippen molar-refractivity contribution in [2.24, 2.45) is 0 Å². The largest absolute Gasteiger partial charge is 0.489 e. The number of alkyl halides is 1. The zero-order valence-corrected chi connectivity index (χ0v) is 24.2. The van der Waals surface area contributed by atoms with Crippen molar-refractivity contribution >= 4 is 45.0 Å². The minimum Gasteiger partial charge on any atom is -0.489 e. The highest BCUT2D eigenvalue weighted by Crippen LogP contribution is 2.38. The van der Waals surface area contributed by atoms with Gasteiger partial charge >= 0.3 is 0 Å². The summed E-state index contributed by atoms with van der Waals surface area (Å²) in [6.45, 7) is 6.26. The lowest BCUT2D eigenvalue weighted by molar-refractivity contribution is 0.305. The fourth-order valence-corrected chi connectivity index (χ4v) is 4.92. The standard InChI is InChI=1S/C27H29Cl2N5O4S/c1-27(2,21-13-18(15-30)24(23(29)14-21)37-12-9-28)20-5-7-22(8-6-20)38-17-19-16-31-26(33-39(3,35)36)32-25(19)34-10-4-11-34/h5-8,13-14,16H,4,9-12,17H2,1-3H3,(H,31,32,33). The molecular weight excluding hydrogens is 561 g/mol. The van der Waals surface area contributed by atoms with Gasteiger partial charge in [0, 0.05) is 24.7 Å². The van der Waals surface area contributed by atoms with Crippen LogP contribution < -0.4 is 19.1 Å². The zero-order valence-electron chi connectivity index (χ0n) is 21.9. The molecular formula is C27H29Cl2N5O4S. The molecule has 1 aromatic heterocycles. The Morgan fingerprint density at radius 3 is 2.46 bits per heavy atom. The summed E-state index contributed by atoms with van der Waals surface area (Å²) in [5.41, 5.74) is 2.53. The predicted molar refractivity (Wildman–Crippen MR) is 153 cm³/mol. The van der Waals surface area contributed by atoms with E-state index < -0.39 is 15.4 Å². The average Bonchev–Trinajstić information content (AvgIpc) is 2.85. The topological polar surface area (TPSA) is 117 Å². The van der Waals surface area contributed by atoms with E-state index >= 15 is 0 Å². The van der Waals surface area contributed by atoms with Gasteiger partial charge in [0.15, 0.2) is 5.75 Å². The molecule has 1 aliphatic rings. The fourth-order valence-electron chi connectivity index (χ4n) is 4.14. The van der Waals surface area contributed by atoms with Crippen LogP contribution in [0.3, 0.4) is 0 Å². The molecule has 0 unspecified atom stereocenters. The molecule has 2 heterocycles. The van der Waals surface area contributed by atoms with Crippen molar-refractivity contribution in [3.63, 3.8) is 0 Å². The summed E-state index contributed by atoms with van der Waals surface area (Å²) in [5.74, 6) is 1.98. The molecule has 1 aliphatic heterocycles. The highest BCUT2D eigenvalue weighted by molar-refractivity contribution is 7.91. The number of benzene rings is 2. The minimum atomic E-state index is -3.48. The highest BCUT2D eigenvalue weighted by Gasteiger charge is 2.26. The van der Waals surface area contributed by atoms with Crippen LogP contribution in [0.1, 0.15) is 42.5 Å². The van der Waals surface area contributed by atoms with Crippen molar-refractivity contribution in [2.45, 2.75) is 32.3 Å². The molecule has 1 saturated heterocycles. The van der Waals surface area contributed by atoms with E-state index in [0.29, 0.717) is 33.8 Å². The van der Waals surface area contributed by atoms with E-state index in [-0.39, 0.29) is 19.2 Å². The van der Waals surface area contributed by atoms with Crippen molar-refractivity contribution in [1.29, 1.82) is 5.26 Å². The van der Waals surface area contributed by atoms with E-state index in [1.54, 1.807) is 12.3 Å². The number of nitrogens with one attached hydrogen (secondary N) is 1. The molecule has 0 bridgehead atoms. The van der Waals surface area contributed by atoms with Gasteiger partial charge in [-0.25, -0.2) is 13.4 Å². The molecule has 0 saturated carbocycles. The lowest BCUT2D eigenvalue weighted by Gasteiger charge is -2.33. The van der Waals surface area contributed by atoms with Crippen LogP contribution >= 0.6 is 23.2 Å². The summed E-state index contributed by atoms with van der Waals surface area (Å²) >= 11 is 12.2. The first-order valence-electron chi connectivity index (χ1n) is 12.3. The number of rotatable bonds is 11. The molecule has 12 heteroatoms. The molecule has 4 rings (SSSR count). The van der Waals surface area contributed by atoms with E-state index in [2.05, 4.69) is 39.5 Å². The SMILES string of the molecule is CC(C)(c1ccc(OCc2cnc(NS(C)(=O)=O)nc2N2CCC2)cc1)c1cc(Cl)c(OCCCl)c(C#N)c1. The fraction of sp³-hybridized carbons (Fsp3) is 0.370. The van der Waals surface area contributed by atoms with Gasteiger partial charge in [-0.1, -0.05) is 37.6 Å². The van der Waals surface area contributed by atoms with Gasteiger partial charge in [0.05, 0.1) is 28.3 Å². The lowest BCUT2D eigenvalue weighted by Crippen LogP contribution is -2.38. The maximum atomic E-state index is 11.6. The Balaban J connectivity index is 1.51. The number of anilines is 2. The highest BCUT2D eigenvalue weighted by atomic mass is 35.5. The second kappa shape index (κ2) is 11.9. The van der Waals surface area contributed by atoms with Gasteiger partial charge in [0.25, 0.3) is 0 Å². The number of hydrogen-bond donors (Lipinski definition) is 1. The summed E-state index contributed by atoms with van der Waals surface area (Å²) in [7, 11) is -3.48. The molecule has 9 nitrogen and oxygen atoms in total. The van der Waals surface area contributed by atoms with Crippen LogP contribution in [0.25, 0.3) is 0 Å². The molecule has 39 heavy (non-hydrogen) atoms. The zero-order chi connectivity index (χ0) is 28.2. The molecule has 1 fully saturated rings. The molecule has 0 amide bonds. The van der Waals surface area contributed by atoms with Crippen molar-refractivity contribution in [1.82, 2.24) is 9.97 Å². The smallest absolute Gasteiger partial charge is 0.238 e. The third-order valence-corrected chi connectivity index (χ3v) is 7.44. The number of sulfonamides is 1. The molecule has 3 aromatic rings. The van der Waals surface area contributed by atoms with Gasteiger partial charge in [0.2, 0.25) is 16.0 Å². The molecule has 1 N–H and O–H groups in total. The van der Waals surface area contributed by atoms with E-state index in [4.69, 9.17) is 32.7 Å².